The number of esters is 1. The van der Waals surface area contributed by atoms with Gasteiger partial charge >= 0.3 is 5.97 Å². The van der Waals surface area contributed by atoms with E-state index >= 15 is 0 Å². The van der Waals surface area contributed by atoms with E-state index in [1.54, 1.807) is 23.1 Å². The van der Waals surface area contributed by atoms with Crippen LogP contribution in [0, 0.1) is 17.2 Å². The number of carbonyl (C=O) groups excluding carboxylic acids is 2. The fraction of sp³-hybridized carbons (Fsp3) is 0.417. The highest BCUT2D eigenvalue weighted by atomic mass is 16.5. The van der Waals surface area contributed by atoms with Crippen LogP contribution in [0.1, 0.15) is 12.2 Å². The largest absolute Gasteiger partial charge is 0.467 e. The molecule has 1 amide bonds. The SMILES string of the molecule is N#CCOC(=O)[C@H]1CC(=O)N(Cc2ccco2)C1. The summed E-state index contributed by atoms with van der Waals surface area (Å²) in [5.41, 5.74) is 0. The van der Waals surface area contributed by atoms with Crippen LogP contribution in [0.5, 0.6) is 0 Å². The Morgan fingerprint density at radius 1 is 1.67 bits per heavy atom. The summed E-state index contributed by atoms with van der Waals surface area (Å²) in [4.78, 5) is 24.8. The molecule has 1 aromatic rings. The molecule has 0 aliphatic carbocycles. The van der Waals surface area contributed by atoms with Gasteiger partial charge in [-0.3, -0.25) is 9.59 Å². The number of furan rings is 1. The molecule has 1 aromatic heterocycles. The first-order valence-electron chi connectivity index (χ1n) is 5.54. The minimum Gasteiger partial charge on any atom is -0.467 e. The molecule has 6 nitrogen and oxygen atoms in total. The minimum absolute atomic E-state index is 0.106. The van der Waals surface area contributed by atoms with Crippen LogP contribution < -0.4 is 0 Å². The first-order valence-corrected chi connectivity index (χ1v) is 5.54. The Bertz CT molecular complexity index is 475. The zero-order valence-electron chi connectivity index (χ0n) is 9.67. The first-order chi connectivity index (χ1) is 8.70. The lowest BCUT2D eigenvalue weighted by molar-refractivity contribution is -0.146. The lowest BCUT2D eigenvalue weighted by atomic mass is 10.1. The van der Waals surface area contributed by atoms with Gasteiger partial charge in [0.05, 0.1) is 18.7 Å². The number of likely N-dealkylation sites (tertiary alicyclic amines) is 1. The summed E-state index contributed by atoms with van der Waals surface area (Å²) in [5.74, 6) is -0.410. The molecule has 0 radical (unpaired) electrons. The van der Waals surface area contributed by atoms with Gasteiger partial charge in [-0.2, -0.15) is 5.26 Å². The van der Waals surface area contributed by atoms with Crippen molar-refractivity contribution in [3.63, 3.8) is 0 Å². The van der Waals surface area contributed by atoms with Crippen molar-refractivity contribution in [1.82, 2.24) is 4.90 Å². The first kappa shape index (κ1) is 12.2. The van der Waals surface area contributed by atoms with Crippen LogP contribution >= 0.6 is 0 Å². The average Bonchev–Trinajstić information content (AvgIpc) is 2.98. The average molecular weight is 248 g/mol. The predicted octanol–water partition coefficient (Wildman–Crippen LogP) is 0.695. The molecule has 1 aliphatic heterocycles. The number of hydrogen-bond acceptors (Lipinski definition) is 5. The second kappa shape index (κ2) is 5.36. The van der Waals surface area contributed by atoms with E-state index in [9.17, 15) is 9.59 Å². The van der Waals surface area contributed by atoms with E-state index in [1.165, 1.54) is 6.26 Å². The van der Waals surface area contributed by atoms with Gasteiger partial charge in [0.1, 0.15) is 11.8 Å². The predicted molar refractivity (Wildman–Crippen MR) is 58.8 cm³/mol. The van der Waals surface area contributed by atoms with Gasteiger partial charge in [0.25, 0.3) is 0 Å². The van der Waals surface area contributed by atoms with Crippen molar-refractivity contribution in [2.24, 2.45) is 5.92 Å². The second-order valence-electron chi connectivity index (χ2n) is 4.02. The van der Waals surface area contributed by atoms with Crippen LogP contribution in [0.4, 0.5) is 0 Å². The molecule has 0 bridgehead atoms. The Hall–Kier alpha value is -2.29. The van der Waals surface area contributed by atoms with E-state index in [2.05, 4.69) is 0 Å². The molecule has 0 saturated carbocycles. The molecule has 0 unspecified atom stereocenters. The minimum atomic E-state index is -0.494. The molecule has 6 heteroatoms. The molecule has 94 valence electrons. The van der Waals surface area contributed by atoms with Crippen LogP contribution in [-0.4, -0.2) is 29.9 Å². The van der Waals surface area contributed by atoms with Crippen molar-refractivity contribution in [1.29, 1.82) is 5.26 Å². The summed E-state index contributed by atoms with van der Waals surface area (Å²) in [7, 11) is 0. The van der Waals surface area contributed by atoms with Gasteiger partial charge in [0.15, 0.2) is 6.61 Å². The summed E-state index contributed by atoms with van der Waals surface area (Å²) in [6, 6.07) is 5.24. The van der Waals surface area contributed by atoms with Crippen molar-refractivity contribution < 1.29 is 18.7 Å². The molecule has 1 atom stereocenters. The topological polar surface area (TPSA) is 83.5 Å². The van der Waals surface area contributed by atoms with Gasteiger partial charge in [0.2, 0.25) is 5.91 Å². The normalized spacial score (nSPS) is 18.7. The Kier molecular flexibility index (Phi) is 3.63. The van der Waals surface area contributed by atoms with Gasteiger partial charge in [-0.15, -0.1) is 0 Å². The summed E-state index contributed by atoms with van der Waals surface area (Å²) in [5, 5.41) is 8.32. The highest BCUT2D eigenvalue weighted by molar-refractivity contribution is 5.86. The highest BCUT2D eigenvalue weighted by Gasteiger charge is 2.35. The standard InChI is InChI=1S/C12H12N2O4/c13-3-5-18-12(16)9-6-11(15)14(7-9)8-10-2-1-4-17-10/h1-2,4,9H,5-8H2/t9-/m0/s1. The van der Waals surface area contributed by atoms with Crippen molar-refractivity contribution in [2.45, 2.75) is 13.0 Å². The molecular weight excluding hydrogens is 236 g/mol. The summed E-state index contributed by atoms with van der Waals surface area (Å²) >= 11 is 0. The number of hydrogen-bond donors (Lipinski definition) is 0. The monoisotopic (exact) mass is 248 g/mol. The van der Waals surface area contributed by atoms with Gasteiger partial charge < -0.3 is 14.1 Å². The Balaban J connectivity index is 1.91. The second-order valence-corrected chi connectivity index (χ2v) is 4.02. The van der Waals surface area contributed by atoms with E-state index in [-0.39, 0.29) is 18.9 Å². The van der Waals surface area contributed by atoms with E-state index in [0.717, 1.165) is 0 Å². The Morgan fingerprint density at radius 2 is 2.50 bits per heavy atom. The maximum Gasteiger partial charge on any atom is 0.312 e. The summed E-state index contributed by atoms with van der Waals surface area (Å²) < 4.78 is 9.86. The fourth-order valence-corrected chi connectivity index (χ4v) is 1.89. The van der Waals surface area contributed by atoms with Gasteiger partial charge in [0, 0.05) is 13.0 Å². The van der Waals surface area contributed by atoms with Gasteiger partial charge in [-0.05, 0) is 12.1 Å². The van der Waals surface area contributed by atoms with E-state index in [1.807, 2.05) is 0 Å². The molecule has 2 heterocycles. The van der Waals surface area contributed by atoms with Crippen LogP contribution in [0.2, 0.25) is 0 Å². The number of carbonyl (C=O) groups is 2. The smallest absolute Gasteiger partial charge is 0.312 e. The summed E-state index contributed by atoms with van der Waals surface area (Å²) in [6.07, 6.45) is 1.67. The van der Waals surface area contributed by atoms with Crippen LogP contribution in [0.3, 0.4) is 0 Å². The number of nitrogens with zero attached hydrogens (tertiary/aromatic N) is 2. The molecule has 1 saturated heterocycles. The summed E-state index contributed by atoms with van der Waals surface area (Å²) in [6.45, 7) is 0.388. The maximum atomic E-state index is 11.7. The zero-order valence-corrected chi connectivity index (χ0v) is 9.67. The zero-order chi connectivity index (χ0) is 13.0. The quantitative estimate of drug-likeness (QED) is 0.732. The van der Waals surface area contributed by atoms with Crippen molar-refractivity contribution in [3.05, 3.63) is 24.2 Å². The molecule has 1 fully saturated rings. The third-order valence-corrected chi connectivity index (χ3v) is 2.75. The molecule has 18 heavy (non-hydrogen) atoms. The van der Waals surface area contributed by atoms with Crippen molar-refractivity contribution >= 4 is 11.9 Å². The number of nitriles is 1. The molecular formula is C12H12N2O4. The van der Waals surface area contributed by atoms with Gasteiger partial charge in [-0.1, -0.05) is 0 Å². The van der Waals surface area contributed by atoms with E-state index in [0.29, 0.717) is 18.8 Å². The third-order valence-electron chi connectivity index (χ3n) is 2.75. The molecule has 0 aromatic carbocycles. The highest BCUT2D eigenvalue weighted by Crippen LogP contribution is 2.21. The van der Waals surface area contributed by atoms with Crippen molar-refractivity contribution in [2.75, 3.05) is 13.2 Å². The molecule has 0 N–H and O–H groups in total. The number of rotatable bonds is 4. The van der Waals surface area contributed by atoms with Crippen LogP contribution in [0.15, 0.2) is 22.8 Å². The number of amides is 1. The Morgan fingerprint density at radius 3 is 3.17 bits per heavy atom. The van der Waals surface area contributed by atoms with Crippen molar-refractivity contribution in [3.8, 4) is 6.07 Å². The Labute approximate surface area is 104 Å². The third kappa shape index (κ3) is 2.69. The van der Waals surface area contributed by atoms with Crippen LogP contribution in [0.25, 0.3) is 0 Å². The fourth-order valence-electron chi connectivity index (χ4n) is 1.89. The molecule has 1 aliphatic rings. The maximum absolute atomic E-state index is 11.7. The number of ether oxygens (including phenoxy) is 1. The van der Waals surface area contributed by atoms with E-state index in [4.69, 9.17) is 14.4 Å². The van der Waals surface area contributed by atoms with Gasteiger partial charge in [-0.25, -0.2) is 0 Å². The lowest BCUT2D eigenvalue weighted by Crippen LogP contribution is -2.26. The molecule has 0 spiro atoms. The van der Waals surface area contributed by atoms with Crippen LogP contribution in [-0.2, 0) is 20.9 Å². The lowest BCUT2D eigenvalue weighted by Gasteiger charge is -2.14. The van der Waals surface area contributed by atoms with E-state index < -0.39 is 11.9 Å². The molecule has 2 rings (SSSR count).